The summed E-state index contributed by atoms with van der Waals surface area (Å²) in [5.41, 5.74) is 1.79. The minimum atomic E-state index is -0.649. The normalized spacial score (nSPS) is 33.1. The maximum atomic E-state index is 12.1. The molecule has 0 spiro atoms. The third-order valence-corrected chi connectivity index (χ3v) is 7.02. The summed E-state index contributed by atoms with van der Waals surface area (Å²) in [4.78, 5) is 12.1. The Morgan fingerprint density at radius 1 is 1.04 bits per heavy atom. The molecule has 0 heterocycles. The predicted octanol–water partition coefficient (Wildman–Crippen LogP) is 6.29. The molecule has 3 rings (SSSR count). The first-order chi connectivity index (χ1) is 12.0. The monoisotopic (exact) mass is 342 g/mol. The topological polar surface area (TPSA) is 37.3 Å². The molecule has 2 fully saturated rings. The van der Waals surface area contributed by atoms with Crippen LogP contribution in [0.25, 0.3) is 0 Å². The summed E-state index contributed by atoms with van der Waals surface area (Å²) < 4.78 is 0. The third kappa shape index (κ3) is 3.93. The molecule has 1 N–H and O–H groups in total. The van der Waals surface area contributed by atoms with Gasteiger partial charge in [-0.05, 0) is 80.2 Å². The molecule has 0 amide bonds. The van der Waals surface area contributed by atoms with E-state index in [2.05, 4.69) is 38.1 Å². The molecule has 2 heteroatoms. The summed E-state index contributed by atoms with van der Waals surface area (Å²) in [6, 6.07) is 8.70. The van der Waals surface area contributed by atoms with Crippen molar-refractivity contribution in [1.82, 2.24) is 0 Å². The highest BCUT2D eigenvalue weighted by atomic mass is 16.4. The van der Waals surface area contributed by atoms with Crippen molar-refractivity contribution in [3.63, 3.8) is 0 Å². The predicted molar refractivity (Wildman–Crippen MR) is 103 cm³/mol. The molecule has 0 atom stereocenters. The van der Waals surface area contributed by atoms with Gasteiger partial charge in [0.05, 0.1) is 5.41 Å². The van der Waals surface area contributed by atoms with Crippen LogP contribution in [-0.2, 0) is 10.2 Å². The molecule has 1 aromatic carbocycles. The van der Waals surface area contributed by atoms with Crippen molar-refractivity contribution in [3.05, 3.63) is 35.4 Å². The number of hydrogen-bond acceptors (Lipinski definition) is 1. The molecule has 0 aromatic heterocycles. The van der Waals surface area contributed by atoms with Crippen molar-refractivity contribution in [3.8, 4) is 0 Å². The highest BCUT2D eigenvalue weighted by molar-refractivity contribution is 5.81. The summed E-state index contributed by atoms with van der Waals surface area (Å²) in [5, 5.41) is 9.93. The molecule has 0 unspecified atom stereocenters. The number of hydrogen-bond donors (Lipinski definition) is 1. The van der Waals surface area contributed by atoms with E-state index in [9.17, 15) is 9.90 Å². The molecule has 138 valence electrons. The van der Waals surface area contributed by atoms with E-state index >= 15 is 0 Å². The van der Waals surface area contributed by atoms with Crippen molar-refractivity contribution in [2.75, 3.05) is 0 Å². The summed E-state index contributed by atoms with van der Waals surface area (Å²) >= 11 is 0. The Bertz CT molecular complexity index is 558. The fourth-order valence-corrected chi connectivity index (χ4v) is 5.15. The van der Waals surface area contributed by atoms with Gasteiger partial charge < -0.3 is 5.11 Å². The van der Waals surface area contributed by atoms with Crippen LogP contribution in [0, 0.1) is 11.8 Å². The van der Waals surface area contributed by atoms with E-state index in [0.717, 1.165) is 37.2 Å². The number of benzene rings is 1. The first kappa shape index (κ1) is 18.5. The lowest BCUT2D eigenvalue weighted by Crippen LogP contribution is -2.39. The molecule has 1 aromatic rings. The largest absolute Gasteiger partial charge is 0.481 e. The first-order valence-electron chi connectivity index (χ1n) is 10.4. The molecule has 2 aliphatic carbocycles. The fourth-order valence-electron chi connectivity index (χ4n) is 5.15. The molecular formula is C23H34O2. The van der Waals surface area contributed by atoms with Crippen LogP contribution in [-0.4, -0.2) is 11.1 Å². The number of carbonyl (C=O) groups is 1. The molecule has 0 radical (unpaired) electrons. The summed E-state index contributed by atoms with van der Waals surface area (Å²) in [6.07, 6.45) is 11.6. The van der Waals surface area contributed by atoms with Crippen LogP contribution in [0.15, 0.2) is 24.3 Å². The summed E-state index contributed by atoms with van der Waals surface area (Å²) in [5.74, 6) is 1.63. The lowest BCUT2D eigenvalue weighted by atomic mass is 9.66. The minimum absolute atomic E-state index is 0.632. The van der Waals surface area contributed by atoms with Crippen LogP contribution in [0.3, 0.4) is 0 Å². The standard InChI is InChI=1S/C23H34O2/c1-3-4-18-5-7-19(8-6-18)20-9-11-21(12-10-20)23(22(24)25)15-13-17(2)14-16-23/h9-12,17-19H,3-8,13-16H2,1-2H3,(H,24,25). The van der Waals surface area contributed by atoms with Gasteiger partial charge in [-0.15, -0.1) is 0 Å². The Labute approximate surface area is 153 Å². The van der Waals surface area contributed by atoms with Crippen LogP contribution in [0.2, 0.25) is 0 Å². The molecule has 25 heavy (non-hydrogen) atoms. The smallest absolute Gasteiger partial charge is 0.314 e. The van der Waals surface area contributed by atoms with Crippen LogP contribution in [0.4, 0.5) is 0 Å². The third-order valence-electron chi connectivity index (χ3n) is 7.02. The Hall–Kier alpha value is -1.31. The van der Waals surface area contributed by atoms with Gasteiger partial charge in [0.2, 0.25) is 0 Å². The number of rotatable bonds is 5. The summed E-state index contributed by atoms with van der Waals surface area (Å²) in [7, 11) is 0. The zero-order valence-electron chi connectivity index (χ0n) is 16.0. The SMILES string of the molecule is CCCC1CCC(c2ccc(C3(C(=O)O)CCC(C)CC3)cc2)CC1. The second-order valence-corrected chi connectivity index (χ2v) is 8.70. The Morgan fingerprint density at radius 3 is 2.16 bits per heavy atom. The fraction of sp³-hybridized carbons (Fsp3) is 0.696. The number of aliphatic carboxylic acids is 1. The maximum absolute atomic E-state index is 12.1. The lowest BCUT2D eigenvalue weighted by molar-refractivity contribution is -0.145. The quantitative estimate of drug-likeness (QED) is 0.682. The average Bonchev–Trinajstić information content (AvgIpc) is 2.63. The van der Waals surface area contributed by atoms with Gasteiger partial charge in [-0.1, -0.05) is 51.0 Å². The Balaban J connectivity index is 1.70. The van der Waals surface area contributed by atoms with Crippen molar-refractivity contribution >= 4 is 5.97 Å². The zero-order chi connectivity index (χ0) is 17.9. The van der Waals surface area contributed by atoms with Gasteiger partial charge in [-0.25, -0.2) is 0 Å². The van der Waals surface area contributed by atoms with Gasteiger partial charge in [0, 0.05) is 0 Å². The van der Waals surface area contributed by atoms with Crippen molar-refractivity contribution < 1.29 is 9.90 Å². The highest BCUT2D eigenvalue weighted by Crippen LogP contribution is 2.43. The highest BCUT2D eigenvalue weighted by Gasteiger charge is 2.42. The second kappa shape index (κ2) is 7.93. The van der Waals surface area contributed by atoms with Crippen molar-refractivity contribution in [1.29, 1.82) is 0 Å². The van der Waals surface area contributed by atoms with Gasteiger partial charge in [0.25, 0.3) is 0 Å². The molecule has 2 nitrogen and oxygen atoms in total. The van der Waals surface area contributed by atoms with Gasteiger partial charge in [0.15, 0.2) is 0 Å². The molecule has 0 bridgehead atoms. The van der Waals surface area contributed by atoms with Crippen molar-refractivity contribution in [2.45, 2.75) is 89.4 Å². The lowest BCUT2D eigenvalue weighted by Gasteiger charge is -2.36. The maximum Gasteiger partial charge on any atom is 0.314 e. The van der Waals surface area contributed by atoms with Crippen LogP contribution < -0.4 is 0 Å². The van der Waals surface area contributed by atoms with E-state index in [1.165, 1.54) is 44.1 Å². The molecule has 0 aliphatic heterocycles. The molecule has 2 aliphatic rings. The van der Waals surface area contributed by atoms with E-state index in [1.807, 2.05) is 0 Å². The number of carboxylic acid groups (broad SMARTS) is 1. The molecular weight excluding hydrogens is 308 g/mol. The van der Waals surface area contributed by atoms with E-state index in [0.29, 0.717) is 11.8 Å². The average molecular weight is 343 g/mol. The Kier molecular flexibility index (Phi) is 5.86. The van der Waals surface area contributed by atoms with Crippen LogP contribution in [0.1, 0.15) is 95.1 Å². The van der Waals surface area contributed by atoms with Crippen LogP contribution in [0.5, 0.6) is 0 Å². The Morgan fingerprint density at radius 2 is 1.64 bits per heavy atom. The minimum Gasteiger partial charge on any atom is -0.481 e. The molecule has 2 saturated carbocycles. The first-order valence-corrected chi connectivity index (χ1v) is 10.4. The van der Waals surface area contributed by atoms with E-state index in [4.69, 9.17) is 0 Å². The second-order valence-electron chi connectivity index (χ2n) is 8.70. The molecule has 0 saturated heterocycles. The van der Waals surface area contributed by atoms with Crippen LogP contribution >= 0.6 is 0 Å². The van der Waals surface area contributed by atoms with Gasteiger partial charge >= 0.3 is 5.97 Å². The van der Waals surface area contributed by atoms with E-state index in [1.54, 1.807) is 0 Å². The number of carboxylic acids is 1. The van der Waals surface area contributed by atoms with Gasteiger partial charge in [0.1, 0.15) is 0 Å². The summed E-state index contributed by atoms with van der Waals surface area (Å²) in [6.45, 7) is 4.53. The van der Waals surface area contributed by atoms with Gasteiger partial charge in [-0.3, -0.25) is 4.79 Å². The van der Waals surface area contributed by atoms with E-state index < -0.39 is 11.4 Å². The van der Waals surface area contributed by atoms with Crippen molar-refractivity contribution in [2.24, 2.45) is 11.8 Å². The van der Waals surface area contributed by atoms with E-state index in [-0.39, 0.29) is 0 Å². The zero-order valence-corrected chi connectivity index (χ0v) is 16.0. The van der Waals surface area contributed by atoms with Gasteiger partial charge in [-0.2, -0.15) is 0 Å².